The number of ether oxygens (including phenoxy) is 1. The molecule has 0 aliphatic carbocycles. The fourth-order valence-electron chi connectivity index (χ4n) is 5.27. The molecule has 0 radical (unpaired) electrons. The average Bonchev–Trinajstić information content (AvgIpc) is 2.85. The van der Waals surface area contributed by atoms with Crippen LogP contribution in [-0.2, 0) is 11.3 Å². The molecular weight excluding hydrogens is 450 g/mol. The van der Waals surface area contributed by atoms with Gasteiger partial charge in [0.2, 0.25) is 0 Å². The van der Waals surface area contributed by atoms with Crippen LogP contribution in [0, 0.1) is 27.7 Å². The largest absolute Gasteiger partial charge is 0.381 e. The minimum atomic E-state index is -0.174. The van der Waals surface area contributed by atoms with Gasteiger partial charge in [-0.1, -0.05) is 24.3 Å². The van der Waals surface area contributed by atoms with Gasteiger partial charge in [-0.3, -0.25) is 9.59 Å². The summed E-state index contributed by atoms with van der Waals surface area (Å²) in [4.78, 5) is 31.3. The van der Waals surface area contributed by atoms with Crippen LogP contribution in [0.2, 0.25) is 0 Å². The van der Waals surface area contributed by atoms with Crippen LogP contribution in [-0.4, -0.2) is 36.7 Å². The lowest BCUT2D eigenvalue weighted by atomic mass is 9.93. The quantitative estimate of drug-likeness (QED) is 0.480. The number of hydrogen-bond acceptors (Lipinski definition) is 4. The third-order valence-electron chi connectivity index (χ3n) is 7.28. The van der Waals surface area contributed by atoms with Crippen LogP contribution in [0.25, 0.3) is 11.1 Å². The molecule has 0 bridgehead atoms. The summed E-state index contributed by atoms with van der Waals surface area (Å²) in [5.41, 5.74) is 8.08. The summed E-state index contributed by atoms with van der Waals surface area (Å²) in [6, 6.07) is 14.8. The molecule has 1 aromatic heterocycles. The number of nitrogens with one attached hydrogen (secondary N) is 2. The highest BCUT2D eigenvalue weighted by molar-refractivity contribution is 5.99. The molecule has 2 aromatic carbocycles. The van der Waals surface area contributed by atoms with Gasteiger partial charge in [-0.2, -0.15) is 0 Å². The summed E-state index contributed by atoms with van der Waals surface area (Å²) >= 11 is 0. The van der Waals surface area contributed by atoms with E-state index in [2.05, 4.69) is 47.2 Å². The van der Waals surface area contributed by atoms with Gasteiger partial charge in [0.1, 0.15) is 0 Å². The first-order valence-electron chi connectivity index (χ1n) is 12.8. The Morgan fingerprint density at radius 1 is 1.06 bits per heavy atom. The summed E-state index contributed by atoms with van der Waals surface area (Å²) in [7, 11) is 0. The van der Waals surface area contributed by atoms with E-state index < -0.39 is 0 Å². The van der Waals surface area contributed by atoms with Gasteiger partial charge in [-0.15, -0.1) is 0 Å². The predicted molar refractivity (Wildman–Crippen MR) is 146 cm³/mol. The number of aryl methyl sites for hydroxylation is 3. The molecule has 6 nitrogen and oxygen atoms in total. The molecule has 1 saturated heterocycles. The van der Waals surface area contributed by atoms with E-state index in [1.54, 1.807) is 0 Å². The standard InChI is InChI=1S/C30H37N3O3/c1-6-33(24-11-13-36-14-12-24)28-17-23(25-10-8-7-9-19(25)2)16-26(22(28)5)29(34)31-18-27-20(3)15-21(4)32-30(27)35/h7-10,15-17,24H,6,11-14,18H2,1-5H3,(H,31,34)(H,32,35). The maximum atomic E-state index is 13.6. The molecule has 1 fully saturated rings. The number of aromatic amines is 1. The van der Waals surface area contributed by atoms with E-state index in [1.165, 1.54) is 0 Å². The molecule has 2 N–H and O–H groups in total. The predicted octanol–water partition coefficient (Wildman–Crippen LogP) is 5.21. The number of nitrogens with zero attached hydrogens (tertiary/aromatic N) is 1. The van der Waals surface area contributed by atoms with Gasteiger partial charge in [0, 0.05) is 54.9 Å². The maximum Gasteiger partial charge on any atom is 0.253 e. The van der Waals surface area contributed by atoms with E-state index in [1.807, 2.05) is 45.0 Å². The number of anilines is 1. The normalized spacial score (nSPS) is 14.0. The Kier molecular flexibility index (Phi) is 7.94. The summed E-state index contributed by atoms with van der Waals surface area (Å²) in [6.45, 7) is 12.6. The number of H-pyrrole nitrogens is 1. The van der Waals surface area contributed by atoms with Crippen LogP contribution in [0.4, 0.5) is 5.69 Å². The molecule has 1 aliphatic heterocycles. The van der Waals surface area contributed by atoms with E-state index >= 15 is 0 Å². The molecular formula is C30H37N3O3. The van der Waals surface area contributed by atoms with Crippen molar-refractivity contribution in [2.75, 3.05) is 24.7 Å². The van der Waals surface area contributed by atoms with E-state index in [4.69, 9.17) is 4.74 Å². The highest BCUT2D eigenvalue weighted by Gasteiger charge is 2.25. The Balaban J connectivity index is 1.75. The van der Waals surface area contributed by atoms with Crippen molar-refractivity contribution in [1.82, 2.24) is 10.3 Å². The summed E-state index contributed by atoms with van der Waals surface area (Å²) in [6.07, 6.45) is 1.94. The molecule has 0 unspecified atom stereocenters. The summed E-state index contributed by atoms with van der Waals surface area (Å²) in [5, 5.41) is 3.02. The van der Waals surface area contributed by atoms with Crippen LogP contribution in [0.1, 0.15) is 58.1 Å². The zero-order valence-corrected chi connectivity index (χ0v) is 22.0. The number of rotatable bonds is 7. The van der Waals surface area contributed by atoms with E-state index in [-0.39, 0.29) is 18.0 Å². The average molecular weight is 488 g/mol. The molecule has 1 aliphatic rings. The fourth-order valence-corrected chi connectivity index (χ4v) is 5.27. The minimum absolute atomic E-state index is 0.157. The molecule has 2 heterocycles. The lowest BCUT2D eigenvalue weighted by molar-refractivity contribution is 0.0846. The first-order valence-corrected chi connectivity index (χ1v) is 12.8. The Morgan fingerprint density at radius 2 is 1.78 bits per heavy atom. The highest BCUT2D eigenvalue weighted by atomic mass is 16.5. The van der Waals surface area contributed by atoms with Crippen molar-refractivity contribution in [3.05, 3.63) is 86.3 Å². The molecule has 0 atom stereocenters. The van der Waals surface area contributed by atoms with Crippen LogP contribution >= 0.6 is 0 Å². The Labute approximate surface area is 213 Å². The van der Waals surface area contributed by atoms with E-state index in [0.29, 0.717) is 17.2 Å². The third-order valence-corrected chi connectivity index (χ3v) is 7.28. The number of hydrogen-bond donors (Lipinski definition) is 2. The molecule has 36 heavy (non-hydrogen) atoms. The van der Waals surface area contributed by atoms with Crippen molar-refractivity contribution in [2.24, 2.45) is 0 Å². The van der Waals surface area contributed by atoms with Crippen molar-refractivity contribution in [1.29, 1.82) is 0 Å². The van der Waals surface area contributed by atoms with E-state index in [9.17, 15) is 9.59 Å². The lowest BCUT2D eigenvalue weighted by Crippen LogP contribution is -2.40. The zero-order chi connectivity index (χ0) is 25.8. The van der Waals surface area contributed by atoms with Crippen molar-refractivity contribution in [3.8, 4) is 11.1 Å². The van der Waals surface area contributed by atoms with Crippen LogP contribution in [0.5, 0.6) is 0 Å². The highest BCUT2D eigenvalue weighted by Crippen LogP contribution is 2.34. The number of carbonyl (C=O) groups excluding carboxylic acids is 1. The molecule has 0 spiro atoms. The van der Waals surface area contributed by atoms with Crippen LogP contribution in [0.3, 0.4) is 0 Å². The van der Waals surface area contributed by atoms with Gasteiger partial charge in [0.05, 0.1) is 0 Å². The topological polar surface area (TPSA) is 74.4 Å². The SMILES string of the molecule is CCN(c1cc(-c2ccccc2C)cc(C(=O)NCc2c(C)cc(C)[nH]c2=O)c1C)C1CCOCC1. The summed E-state index contributed by atoms with van der Waals surface area (Å²) in [5.74, 6) is -0.174. The van der Waals surface area contributed by atoms with Gasteiger partial charge in [0.25, 0.3) is 11.5 Å². The maximum absolute atomic E-state index is 13.6. The lowest BCUT2D eigenvalue weighted by Gasteiger charge is -2.37. The van der Waals surface area contributed by atoms with Crippen molar-refractivity contribution >= 4 is 11.6 Å². The first-order chi connectivity index (χ1) is 17.3. The Bertz CT molecular complexity index is 1310. The van der Waals surface area contributed by atoms with E-state index in [0.717, 1.165) is 71.8 Å². The van der Waals surface area contributed by atoms with Gasteiger partial charge < -0.3 is 19.9 Å². The number of aromatic nitrogens is 1. The number of pyridine rings is 1. The van der Waals surface area contributed by atoms with Crippen LogP contribution in [0.15, 0.2) is 47.3 Å². The Hall–Kier alpha value is -3.38. The smallest absolute Gasteiger partial charge is 0.253 e. The number of amides is 1. The number of carbonyl (C=O) groups is 1. The second-order valence-electron chi connectivity index (χ2n) is 9.74. The molecule has 0 saturated carbocycles. The zero-order valence-electron chi connectivity index (χ0n) is 22.0. The van der Waals surface area contributed by atoms with Crippen LogP contribution < -0.4 is 15.8 Å². The molecule has 6 heteroatoms. The molecule has 190 valence electrons. The van der Waals surface area contributed by atoms with Gasteiger partial charge >= 0.3 is 0 Å². The van der Waals surface area contributed by atoms with Crippen molar-refractivity contribution in [2.45, 2.75) is 60.0 Å². The number of benzene rings is 2. The fraction of sp³-hybridized carbons (Fsp3) is 0.400. The van der Waals surface area contributed by atoms with Gasteiger partial charge in [-0.25, -0.2) is 0 Å². The second-order valence-corrected chi connectivity index (χ2v) is 9.74. The Morgan fingerprint density at radius 3 is 2.44 bits per heavy atom. The van der Waals surface area contributed by atoms with Crippen molar-refractivity contribution < 1.29 is 9.53 Å². The van der Waals surface area contributed by atoms with Crippen molar-refractivity contribution in [3.63, 3.8) is 0 Å². The molecule has 1 amide bonds. The third kappa shape index (κ3) is 5.39. The molecule has 3 aromatic rings. The first kappa shape index (κ1) is 25.7. The monoisotopic (exact) mass is 487 g/mol. The molecule has 4 rings (SSSR count). The minimum Gasteiger partial charge on any atom is -0.381 e. The van der Waals surface area contributed by atoms with Gasteiger partial charge in [-0.05, 0) is 93.5 Å². The van der Waals surface area contributed by atoms with Gasteiger partial charge in [0.15, 0.2) is 0 Å². The second kappa shape index (κ2) is 11.1. The summed E-state index contributed by atoms with van der Waals surface area (Å²) < 4.78 is 5.61.